The molecule has 214 valence electrons. The van der Waals surface area contributed by atoms with E-state index < -0.39 is 0 Å². The van der Waals surface area contributed by atoms with Gasteiger partial charge in [-0.25, -0.2) is 0 Å². The Kier molecular flexibility index (Phi) is 5.40. The number of nitrogens with zero attached hydrogens (tertiary/aromatic N) is 3. The lowest BCUT2D eigenvalue weighted by Crippen LogP contribution is -2.10. The van der Waals surface area contributed by atoms with Crippen LogP contribution >= 0.6 is 11.3 Å². The van der Waals surface area contributed by atoms with E-state index in [1.165, 1.54) is 53.2 Å². The minimum Gasteiger partial charge on any atom is -0.309 e. The predicted octanol–water partition coefficient (Wildman–Crippen LogP) is 11.4. The summed E-state index contributed by atoms with van der Waals surface area (Å²) in [6.45, 7) is 6.83. The Labute approximate surface area is 264 Å². The van der Waals surface area contributed by atoms with Gasteiger partial charge in [0.1, 0.15) is 0 Å². The van der Waals surface area contributed by atoms with Crippen LogP contribution in [0.25, 0.3) is 75.2 Å². The van der Waals surface area contributed by atoms with Gasteiger partial charge in [0.15, 0.2) is 0 Å². The maximum Gasteiger partial charge on any atom is 0.0991 e. The minimum absolute atomic E-state index is 0.0813. The smallest absolute Gasteiger partial charge is 0.0991 e. The normalized spacial score (nSPS) is 12.3. The van der Waals surface area contributed by atoms with Crippen LogP contribution in [0.4, 0.5) is 0 Å². The van der Waals surface area contributed by atoms with Crippen LogP contribution in [0.15, 0.2) is 121 Å². The molecule has 6 aromatic carbocycles. The number of nitriles is 1. The lowest BCUT2D eigenvalue weighted by atomic mass is 9.86. The standard InChI is InChI=1S/C41H29N3S/c1-41(2,3)26-13-17-38-32(21-26)30-9-5-7-11-36(30)44(38)28-15-19-40-34(23-28)33-22-27(14-18-39(33)45-40)43-35-10-6-4-8-29(35)31-20-25(24-42)12-16-37(31)43/h4-23H,1-3H3. The third-order valence-electron chi connectivity index (χ3n) is 9.29. The summed E-state index contributed by atoms with van der Waals surface area (Å²) in [5.74, 6) is 0. The van der Waals surface area contributed by atoms with Crippen LogP contribution in [0.5, 0.6) is 0 Å². The Bertz CT molecular complexity index is 2700. The predicted molar refractivity (Wildman–Crippen MR) is 191 cm³/mol. The molecule has 0 saturated heterocycles. The van der Waals surface area contributed by atoms with E-state index in [1.807, 2.05) is 23.5 Å². The van der Waals surface area contributed by atoms with Crippen LogP contribution in [-0.4, -0.2) is 9.13 Å². The number of thiophene rings is 1. The summed E-state index contributed by atoms with van der Waals surface area (Å²) in [6.07, 6.45) is 0. The summed E-state index contributed by atoms with van der Waals surface area (Å²) in [5, 5.41) is 16.9. The second-order valence-corrected chi connectivity index (χ2v) is 14.1. The molecule has 4 heteroatoms. The third-order valence-corrected chi connectivity index (χ3v) is 10.4. The molecule has 9 aromatic rings. The van der Waals surface area contributed by atoms with Crippen molar-refractivity contribution in [3.63, 3.8) is 0 Å². The molecule has 9 rings (SSSR count). The van der Waals surface area contributed by atoms with Crippen molar-refractivity contribution in [3.05, 3.63) is 132 Å². The number of rotatable bonds is 2. The molecule has 0 radical (unpaired) electrons. The maximum atomic E-state index is 9.58. The van der Waals surface area contributed by atoms with Crippen molar-refractivity contribution in [2.24, 2.45) is 0 Å². The fraction of sp³-hybridized carbons (Fsp3) is 0.0976. The topological polar surface area (TPSA) is 33.6 Å². The van der Waals surface area contributed by atoms with Crippen LogP contribution in [0.2, 0.25) is 0 Å². The van der Waals surface area contributed by atoms with Gasteiger partial charge < -0.3 is 9.13 Å². The number of hydrogen-bond acceptors (Lipinski definition) is 2. The van der Waals surface area contributed by atoms with Gasteiger partial charge in [-0.2, -0.15) is 5.26 Å². The Morgan fingerprint density at radius 2 is 1.02 bits per heavy atom. The summed E-state index contributed by atoms with van der Waals surface area (Å²) in [5.41, 5.74) is 9.09. The van der Waals surface area contributed by atoms with Crippen molar-refractivity contribution in [3.8, 4) is 17.4 Å². The highest BCUT2D eigenvalue weighted by Gasteiger charge is 2.19. The summed E-state index contributed by atoms with van der Waals surface area (Å²) < 4.78 is 7.31. The van der Waals surface area contributed by atoms with E-state index in [9.17, 15) is 5.26 Å². The van der Waals surface area contributed by atoms with E-state index in [-0.39, 0.29) is 5.41 Å². The minimum atomic E-state index is 0.0813. The number of aromatic nitrogens is 2. The summed E-state index contributed by atoms with van der Waals surface area (Å²) in [7, 11) is 0. The first-order valence-corrected chi connectivity index (χ1v) is 16.1. The van der Waals surface area contributed by atoms with E-state index in [0.29, 0.717) is 5.56 Å². The quantitative estimate of drug-likeness (QED) is 0.196. The van der Waals surface area contributed by atoms with E-state index in [1.54, 1.807) is 0 Å². The average molecular weight is 596 g/mol. The highest BCUT2D eigenvalue weighted by Crippen LogP contribution is 2.41. The van der Waals surface area contributed by atoms with E-state index in [4.69, 9.17) is 0 Å². The lowest BCUT2D eigenvalue weighted by Gasteiger charge is -2.19. The molecule has 3 heterocycles. The Morgan fingerprint density at radius 3 is 1.58 bits per heavy atom. The van der Waals surface area contributed by atoms with Crippen molar-refractivity contribution in [1.82, 2.24) is 9.13 Å². The first kappa shape index (κ1) is 26.1. The molecule has 0 N–H and O–H groups in total. The molecule has 0 unspecified atom stereocenters. The van der Waals surface area contributed by atoms with Gasteiger partial charge in [-0.1, -0.05) is 63.2 Å². The molecule has 0 atom stereocenters. The lowest BCUT2D eigenvalue weighted by molar-refractivity contribution is 0.591. The van der Waals surface area contributed by atoms with Crippen molar-refractivity contribution in [2.75, 3.05) is 0 Å². The van der Waals surface area contributed by atoms with E-state index in [0.717, 1.165) is 27.5 Å². The molecule has 0 aliphatic rings. The second-order valence-electron chi connectivity index (χ2n) is 13.0. The highest BCUT2D eigenvalue weighted by atomic mass is 32.1. The van der Waals surface area contributed by atoms with Crippen molar-refractivity contribution in [1.29, 1.82) is 5.26 Å². The van der Waals surface area contributed by atoms with E-state index in [2.05, 4.69) is 145 Å². The van der Waals surface area contributed by atoms with Gasteiger partial charge in [0, 0.05) is 53.1 Å². The molecule has 0 aliphatic carbocycles. The molecule has 45 heavy (non-hydrogen) atoms. The molecule has 0 fully saturated rings. The van der Waals surface area contributed by atoms with Gasteiger partial charge in [0.05, 0.1) is 33.7 Å². The Balaban J connectivity index is 1.28. The van der Waals surface area contributed by atoms with Gasteiger partial charge in [-0.3, -0.25) is 0 Å². The van der Waals surface area contributed by atoms with Crippen molar-refractivity contribution >= 4 is 75.1 Å². The molecule has 0 spiro atoms. The highest BCUT2D eigenvalue weighted by molar-refractivity contribution is 7.25. The van der Waals surface area contributed by atoms with Gasteiger partial charge in [0.25, 0.3) is 0 Å². The van der Waals surface area contributed by atoms with Crippen molar-refractivity contribution < 1.29 is 0 Å². The van der Waals surface area contributed by atoms with Gasteiger partial charge >= 0.3 is 0 Å². The third kappa shape index (κ3) is 3.81. The van der Waals surface area contributed by atoms with Crippen LogP contribution in [0, 0.1) is 11.3 Å². The zero-order chi connectivity index (χ0) is 30.4. The SMILES string of the molecule is CC(C)(C)c1ccc2c(c1)c1ccccc1n2-c1ccc2sc3ccc(-n4c5ccccc5c5cc(C#N)ccc54)cc3c2c1. The monoisotopic (exact) mass is 595 g/mol. The Morgan fingerprint density at radius 1 is 0.511 bits per heavy atom. The first-order chi connectivity index (χ1) is 21.9. The van der Waals surface area contributed by atoms with Gasteiger partial charge in [0.2, 0.25) is 0 Å². The summed E-state index contributed by atoms with van der Waals surface area (Å²) in [4.78, 5) is 0. The van der Waals surface area contributed by atoms with E-state index >= 15 is 0 Å². The number of benzene rings is 6. The Hall–Kier alpha value is -5.37. The van der Waals surface area contributed by atoms with Crippen molar-refractivity contribution in [2.45, 2.75) is 26.2 Å². The first-order valence-electron chi connectivity index (χ1n) is 15.3. The fourth-order valence-corrected chi connectivity index (χ4v) is 8.14. The summed E-state index contributed by atoms with van der Waals surface area (Å²) in [6, 6.07) is 46.2. The largest absolute Gasteiger partial charge is 0.309 e. The number of fused-ring (bicyclic) bond motifs is 9. The van der Waals surface area contributed by atoms with Crippen LogP contribution in [0.1, 0.15) is 31.9 Å². The molecule has 0 bridgehead atoms. The average Bonchev–Trinajstić information content (AvgIpc) is 3.70. The molecule has 0 aliphatic heterocycles. The van der Waals surface area contributed by atoms with Crippen LogP contribution < -0.4 is 0 Å². The number of para-hydroxylation sites is 2. The summed E-state index contributed by atoms with van der Waals surface area (Å²) >= 11 is 1.84. The molecular weight excluding hydrogens is 567 g/mol. The molecular formula is C41H29N3S. The molecule has 0 saturated carbocycles. The molecule has 0 amide bonds. The van der Waals surface area contributed by atoms with Crippen LogP contribution in [-0.2, 0) is 5.41 Å². The zero-order valence-electron chi connectivity index (χ0n) is 25.3. The van der Waals surface area contributed by atoms with Gasteiger partial charge in [-0.05, 0) is 89.8 Å². The second kappa shape index (κ2) is 9.32. The number of hydrogen-bond donors (Lipinski definition) is 0. The van der Waals surface area contributed by atoms with Gasteiger partial charge in [-0.15, -0.1) is 11.3 Å². The molecule has 3 aromatic heterocycles. The fourth-order valence-electron chi connectivity index (χ4n) is 7.07. The van der Waals surface area contributed by atoms with Crippen LogP contribution in [0.3, 0.4) is 0 Å². The molecule has 3 nitrogen and oxygen atoms in total. The zero-order valence-corrected chi connectivity index (χ0v) is 26.1. The maximum absolute atomic E-state index is 9.58.